The predicted octanol–water partition coefficient (Wildman–Crippen LogP) is 1.55. The average Bonchev–Trinajstić information content (AvgIpc) is 2.45. The summed E-state index contributed by atoms with van der Waals surface area (Å²) in [6.45, 7) is 1.54. The van der Waals surface area contributed by atoms with Crippen molar-refractivity contribution in [1.29, 1.82) is 0 Å². The molecule has 0 aromatic heterocycles. The van der Waals surface area contributed by atoms with Crippen molar-refractivity contribution in [3.05, 3.63) is 23.3 Å². The maximum absolute atomic E-state index is 12.3. The molecule has 3 rings (SSSR count). The fraction of sp³-hybridized carbons (Fsp3) is 0.400. The molecule has 2 N–H and O–H groups in total. The highest BCUT2D eigenvalue weighted by Crippen LogP contribution is 2.39. The maximum Gasteiger partial charge on any atom is 0.305 e. The lowest BCUT2D eigenvalue weighted by molar-refractivity contribution is -0.136. The van der Waals surface area contributed by atoms with Crippen LogP contribution in [0.25, 0.3) is 0 Å². The smallest absolute Gasteiger partial charge is 0.305 e. The van der Waals surface area contributed by atoms with Crippen LogP contribution in [0.5, 0.6) is 0 Å². The Bertz CT molecular complexity index is 637. The third-order valence-electron chi connectivity index (χ3n) is 3.95. The Morgan fingerprint density at radius 1 is 1.19 bits per heavy atom. The van der Waals surface area contributed by atoms with Crippen molar-refractivity contribution < 1.29 is 19.5 Å². The second kappa shape index (κ2) is 5.20. The minimum absolute atomic E-state index is 0.00984. The molecule has 0 amide bonds. The van der Waals surface area contributed by atoms with Crippen LogP contribution in [-0.4, -0.2) is 42.3 Å². The standard InChI is InChI=1S/C15H16N2O4/c18-11-4-7-17-8-5-12(19)14-10(16-6-3-13(20)21)2-1-9(11)15(14)17/h1-2,16H,3-8H2,(H,20,21). The lowest BCUT2D eigenvalue weighted by atomic mass is 9.89. The van der Waals surface area contributed by atoms with Crippen molar-refractivity contribution in [3.8, 4) is 0 Å². The first-order chi connectivity index (χ1) is 10.1. The molecule has 0 aliphatic carbocycles. The Morgan fingerprint density at radius 2 is 1.90 bits per heavy atom. The van der Waals surface area contributed by atoms with E-state index in [9.17, 15) is 14.4 Å². The number of carboxylic acid groups (broad SMARTS) is 1. The number of Topliss-reactive ketones (excluding diaryl/α,β-unsaturated/α-hetero) is 2. The van der Waals surface area contributed by atoms with E-state index in [0.717, 1.165) is 5.69 Å². The Kier molecular flexibility index (Phi) is 3.37. The zero-order valence-electron chi connectivity index (χ0n) is 11.5. The lowest BCUT2D eigenvalue weighted by Gasteiger charge is -2.36. The number of carbonyl (C=O) groups is 3. The van der Waals surface area contributed by atoms with E-state index < -0.39 is 5.97 Å². The predicted molar refractivity (Wildman–Crippen MR) is 77.3 cm³/mol. The van der Waals surface area contributed by atoms with E-state index in [1.54, 1.807) is 12.1 Å². The van der Waals surface area contributed by atoms with Gasteiger partial charge in [0.2, 0.25) is 0 Å². The highest BCUT2D eigenvalue weighted by Gasteiger charge is 2.33. The zero-order chi connectivity index (χ0) is 15.0. The monoisotopic (exact) mass is 288 g/mol. The quantitative estimate of drug-likeness (QED) is 0.874. The van der Waals surface area contributed by atoms with Crippen molar-refractivity contribution in [2.45, 2.75) is 19.3 Å². The molecule has 2 aliphatic heterocycles. The molecule has 2 aliphatic rings. The Balaban J connectivity index is 2.00. The number of ketones is 2. The van der Waals surface area contributed by atoms with E-state index >= 15 is 0 Å². The molecule has 1 aromatic carbocycles. The van der Waals surface area contributed by atoms with Gasteiger partial charge in [-0.15, -0.1) is 0 Å². The van der Waals surface area contributed by atoms with Crippen LogP contribution in [0.15, 0.2) is 12.1 Å². The molecule has 1 aromatic rings. The van der Waals surface area contributed by atoms with Gasteiger partial charge in [-0.1, -0.05) is 0 Å². The molecule has 0 saturated carbocycles. The molecule has 0 saturated heterocycles. The molecule has 0 fully saturated rings. The highest BCUT2D eigenvalue weighted by molar-refractivity contribution is 6.15. The van der Waals surface area contributed by atoms with Gasteiger partial charge in [-0.25, -0.2) is 0 Å². The zero-order valence-corrected chi connectivity index (χ0v) is 11.5. The Morgan fingerprint density at radius 3 is 2.62 bits per heavy atom. The number of nitrogens with one attached hydrogen (secondary N) is 1. The number of rotatable bonds is 4. The van der Waals surface area contributed by atoms with Gasteiger partial charge in [0.1, 0.15) is 0 Å². The van der Waals surface area contributed by atoms with Gasteiger partial charge < -0.3 is 15.3 Å². The largest absolute Gasteiger partial charge is 0.481 e. The van der Waals surface area contributed by atoms with Gasteiger partial charge in [0, 0.05) is 43.7 Å². The van der Waals surface area contributed by atoms with E-state index in [1.165, 1.54) is 0 Å². The first kappa shape index (κ1) is 13.6. The fourth-order valence-corrected chi connectivity index (χ4v) is 2.95. The van der Waals surface area contributed by atoms with Gasteiger partial charge in [-0.3, -0.25) is 14.4 Å². The van der Waals surface area contributed by atoms with E-state index in [-0.39, 0.29) is 24.5 Å². The van der Waals surface area contributed by atoms with Gasteiger partial charge in [-0.05, 0) is 12.1 Å². The summed E-state index contributed by atoms with van der Waals surface area (Å²) in [5.41, 5.74) is 2.49. The summed E-state index contributed by atoms with van der Waals surface area (Å²) >= 11 is 0. The van der Waals surface area contributed by atoms with Gasteiger partial charge in [0.15, 0.2) is 11.6 Å². The van der Waals surface area contributed by atoms with Crippen molar-refractivity contribution in [2.75, 3.05) is 29.9 Å². The second-order valence-electron chi connectivity index (χ2n) is 5.29. The van der Waals surface area contributed by atoms with Crippen LogP contribution in [0.1, 0.15) is 40.0 Å². The number of hydrogen-bond acceptors (Lipinski definition) is 5. The molecule has 6 nitrogen and oxygen atoms in total. The molecule has 6 heteroatoms. The molecule has 2 heterocycles. The molecule has 0 spiro atoms. The van der Waals surface area contributed by atoms with E-state index in [2.05, 4.69) is 10.2 Å². The van der Waals surface area contributed by atoms with Crippen LogP contribution in [0.3, 0.4) is 0 Å². The number of benzene rings is 1. The number of aliphatic carboxylic acids is 1. The summed E-state index contributed by atoms with van der Waals surface area (Å²) in [7, 11) is 0. The van der Waals surface area contributed by atoms with Gasteiger partial charge >= 0.3 is 5.97 Å². The van der Waals surface area contributed by atoms with Crippen molar-refractivity contribution in [1.82, 2.24) is 0 Å². The van der Waals surface area contributed by atoms with Crippen LogP contribution >= 0.6 is 0 Å². The summed E-state index contributed by atoms with van der Waals surface area (Å²) in [4.78, 5) is 36.9. The van der Waals surface area contributed by atoms with Crippen LogP contribution in [0.4, 0.5) is 11.4 Å². The minimum Gasteiger partial charge on any atom is -0.481 e. The first-order valence-electron chi connectivity index (χ1n) is 7.02. The van der Waals surface area contributed by atoms with Gasteiger partial charge in [-0.2, -0.15) is 0 Å². The summed E-state index contributed by atoms with van der Waals surface area (Å²) in [5, 5.41) is 11.7. The number of carbonyl (C=O) groups excluding carboxylic acids is 2. The average molecular weight is 288 g/mol. The number of hydrogen-bond donors (Lipinski definition) is 2. The third kappa shape index (κ3) is 2.37. The third-order valence-corrected chi connectivity index (χ3v) is 3.95. The van der Waals surface area contributed by atoms with Crippen molar-refractivity contribution >= 4 is 28.9 Å². The molecular formula is C15H16N2O4. The summed E-state index contributed by atoms with van der Waals surface area (Å²) in [5.74, 6) is -0.817. The fourth-order valence-electron chi connectivity index (χ4n) is 2.95. The number of nitrogens with zero attached hydrogens (tertiary/aromatic N) is 1. The molecular weight excluding hydrogens is 272 g/mol. The summed E-state index contributed by atoms with van der Waals surface area (Å²) in [6, 6.07) is 3.44. The Labute approximate surface area is 121 Å². The molecule has 0 bridgehead atoms. The molecule has 0 radical (unpaired) electrons. The van der Waals surface area contributed by atoms with E-state index in [0.29, 0.717) is 42.7 Å². The lowest BCUT2D eigenvalue weighted by Crippen LogP contribution is -2.39. The van der Waals surface area contributed by atoms with Gasteiger partial charge in [0.05, 0.1) is 17.7 Å². The van der Waals surface area contributed by atoms with Crippen LogP contribution < -0.4 is 10.2 Å². The number of carboxylic acids is 1. The maximum atomic E-state index is 12.3. The summed E-state index contributed by atoms with van der Waals surface area (Å²) < 4.78 is 0. The normalized spacial score (nSPS) is 16.7. The van der Waals surface area contributed by atoms with E-state index in [4.69, 9.17) is 5.11 Å². The van der Waals surface area contributed by atoms with Crippen LogP contribution in [0.2, 0.25) is 0 Å². The van der Waals surface area contributed by atoms with Crippen LogP contribution in [-0.2, 0) is 4.79 Å². The van der Waals surface area contributed by atoms with Crippen molar-refractivity contribution in [3.63, 3.8) is 0 Å². The summed E-state index contributed by atoms with van der Waals surface area (Å²) in [6.07, 6.45) is 0.887. The second-order valence-corrected chi connectivity index (χ2v) is 5.29. The minimum atomic E-state index is -0.891. The molecule has 0 unspecified atom stereocenters. The highest BCUT2D eigenvalue weighted by atomic mass is 16.4. The van der Waals surface area contributed by atoms with Crippen molar-refractivity contribution in [2.24, 2.45) is 0 Å². The van der Waals surface area contributed by atoms with Crippen LogP contribution in [0, 0.1) is 0 Å². The molecule has 0 atom stereocenters. The first-order valence-corrected chi connectivity index (χ1v) is 7.02. The molecule has 110 valence electrons. The topological polar surface area (TPSA) is 86.7 Å². The number of anilines is 2. The SMILES string of the molecule is O=C(O)CCNc1ccc2c3c1C(=O)CCN3CCC2=O. The van der Waals surface area contributed by atoms with Gasteiger partial charge in [0.25, 0.3) is 0 Å². The molecule has 21 heavy (non-hydrogen) atoms. The Hall–Kier alpha value is -2.37. The van der Waals surface area contributed by atoms with E-state index in [1.807, 2.05) is 0 Å².